The molecular weight excluding hydrogens is 286 g/mol. The minimum absolute atomic E-state index is 0.0120. The van der Waals surface area contributed by atoms with E-state index in [-0.39, 0.29) is 17.7 Å². The van der Waals surface area contributed by atoms with Crippen LogP contribution in [-0.4, -0.2) is 48.0 Å². The summed E-state index contributed by atoms with van der Waals surface area (Å²) >= 11 is 1.27. The normalized spacial score (nSPS) is 14.4. The fraction of sp³-hybridized carbons (Fsp3) is 0.467. The van der Waals surface area contributed by atoms with Gasteiger partial charge in [-0.15, -0.1) is 0 Å². The first-order valence-electron chi connectivity index (χ1n) is 7.20. The first kappa shape index (κ1) is 15.7. The van der Waals surface area contributed by atoms with Gasteiger partial charge in [0.2, 0.25) is 5.91 Å². The molecule has 2 amide bonds. The second kappa shape index (κ2) is 7.36. The number of hydrogen-bond donors (Lipinski definition) is 1. The fourth-order valence-electron chi connectivity index (χ4n) is 2.29. The molecule has 6 heteroatoms. The van der Waals surface area contributed by atoms with E-state index in [9.17, 15) is 9.59 Å². The van der Waals surface area contributed by atoms with Gasteiger partial charge in [-0.1, -0.05) is 11.8 Å². The number of rotatable bonds is 6. The molecule has 1 aliphatic heterocycles. The Bertz CT molecular complexity index is 500. The molecule has 1 N–H and O–H groups in total. The fourth-order valence-corrected chi connectivity index (χ4v) is 3.11. The van der Waals surface area contributed by atoms with Crippen LogP contribution < -0.4 is 10.2 Å². The van der Waals surface area contributed by atoms with Crippen LogP contribution in [0, 0.1) is 0 Å². The van der Waals surface area contributed by atoms with Crippen molar-refractivity contribution in [1.82, 2.24) is 4.90 Å². The highest BCUT2D eigenvalue weighted by Gasteiger charge is 2.23. The first-order chi connectivity index (χ1) is 10.1. The number of benzene rings is 1. The summed E-state index contributed by atoms with van der Waals surface area (Å²) < 4.78 is 0. The maximum atomic E-state index is 11.9. The largest absolute Gasteiger partial charge is 0.372 e. The Kier molecular flexibility index (Phi) is 5.50. The lowest BCUT2D eigenvalue weighted by Gasteiger charge is -2.21. The Morgan fingerprint density at radius 2 is 1.95 bits per heavy atom. The van der Waals surface area contributed by atoms with Gasteiger partial charge in [-0.25, -0.2) is 0 Å². The zero-order valence-electron chi connectivity index (χ0n) is 12.5. The molecule has 0 aromatic heterocycles. The Morgan fingerprint density at radius 1 is 1.29 bits per heavy atom. The standard InChI is InChI=1S/C15H21N3O2S/c1-3-17(4-2)13-7-5-12(6-8-13)16-14(19)11-18-9-10-21-15(18)20/h5-8H,3-4,9-11H2,1-2H3,(H,16,19). The van der Waals surface area contributed by atoms with Crippen molar-refractivity contribution in [2.75, 3.05) is 42.1 Å². The molecule has 1 saturated heterocycles. The van der Waals surface area contributed by atoms with E-state index in [0.717, 1.165) is 30.2 Å². The summed E-state index contributed by atoms with van der Waals surface area (Å²) in [5.41, 5.74) is 1.90. The van der Waals surface area contributed by atoms with Gasteiger partial charge in [0, 0.05) is 36.8 Å². The molecule has 5 nitrogen and oxygen atoms in total. The van der Waals surface area contributed by atoms with E-state index in [1.165, 1.54) is 11.8 Å². The smallest absolute Gasteiger partial charge is 0.282 e. The SMILES string of the molecule is CCN(CC)c1ccc(NC(=O)CN2CCSC2=O)cc1. The summed E-state index contributed by atoms with van der Waals surface area (Å²) in [6.07, 6.45) is 0. The van der Waals surface area contributed by atoms with Crippen molar-refractivity contribution >= 4 is 34.3 Å². The molecule has 0 unspecified atom stereocenters. The van der Waals surface area contributed by atoms with Crippen LogP contribution in [0.25, 0.3) is 0 Å². The van der Waals surface area contributed by atoms with Crippen molar-refractivity contribution < 1.29 is 9.59 Å². The van der Waals surface area contributed by atoms with Crippen LogP contribution in [0.5, 0.6) is 0 Å². The molecule has 1 aromatic carbocycles. The van der Waals surface area contributed by atoms with Crippen molar-refractivity contribution in [1.29, 1.82) is 0 Å². The third-order valence-electron chi connectivity index (χ3n) is 3.46. The van der Waals surface area contributed by atoms with E-state index in [1.54, 1.807) is 4.90 Å². The lowest BCUT2D eigenvalue weighted by molar-refractivity contribution is -0.116. The summed E-state index contributed by atoms with van der Waals surface area (Å²) in [6.45, 7) is 6.92. The van der Waals surface area contributed by atoms with E-state index < -0.39 is 0 Å². The predicted octanol–water partition coefficient (Wildman–Crippen LogP) is 2.64. The minimum Gasteiger partial charge on any atom is -0.372 e. The highest BCUT2D eigenvalue weighted by atomic mass is 32.2. The van der Waals surface area contributed by atoms with Gasteiger partial charge in [0.05, 0.1) is 0 Å². The molecule has 114 valence electrons. The number of nitrogens with zero attached hydrogens (tertiary/aromatic N) is 2. The monoisotopic (exact) mass is 307 g/mol. The van der Waals surface area contributed by atoms with Gasteiger partial charge < -0.3 is 15.1 Å². The molecule has 0 aliphatic carbocycles. The van der Waals surface area contributed by atoms with Crippen LogP contribution in [0.15, 0.2) is 24.3 Å². The third-order valence-corrected chi connectivity index (χ3v) is 4.35. The van der Waals surface area contributed by atoms with Crippen LogP contribution in [0.1, 0.15) is 13.8 Å². The van der Waals surface area contributed by atoms with E-state index in [4.69, 9.17) is 0 Å². The van der Waals surface area contributed by atoms with Gasteiger partial charge in [0.1, 0.15) is 6.54 Å². The van der Waals surface area contributed by atoms with Crippen LogP contribution in [0.3, 0.4) is 0 Å². The maximum absolute atomic E-state index is 11.9. The van der Waals surface area contributed by atoms with Crippen LogP contribution in [-0.2, 0) is 4.79 Å². The number of amides is 2. The van der Waals surface area contributed by atoms with Gasteiger partial charge in [0.25, 0.3) is 5.24 Å². The molecule has 0 atom stereocenters. The highest BCUT2D eigenvalue weighted by molar-refractivity contribution is 8.13. The minimum atomic E-state index is -0.151. The predicted molar refractivity (Wildman–Crippen MR) is 88.1 cm³/mol. The zero-order chi connectivity index (χ0) is 15.2. The van der Waals surface area contributed by atoms with Crippen LogP contribution in [0.4, 0.5) is 16.2 Å². The first-order valence-corrected chi connectivity index (χ1v) is 8.19. The van der Waals surface area contributed by atoms with Crippen molar-refractivity contribution in [3.63, 3.8) is 0 Å². The number of nitrogens with one attached hydrogen (secondary N) is 1. The molecule has 21 heavy (non-hydrogen) atoms. The van der Waals surface area contributed by atoms with Crippen LogP contribution >= 0.6 is 11.8 Å². The van der Waals surface area contributed by atoms with Crippen LogP contribution in [0.2, 0.25) is 0 Å². The van der Waals surface area contributed by atoms with E-state index in [2.05, 4.69) is 24.1 Å². The summed E-state index contributed by atoms with van der Waals surface area (Å²) in [5, 5.41) is 2.82. The van der Waals surface area contributed by atoms with Gasteiger partial charge in [-0.2, -0.15) is 0 Å². The third kappa shape index (κ3) is 4.14. The average molecular weight is 307 g/mol. The quantitative estimate of drug-likeness (QED) is 0.878. The van der Waals surface area contributed by atoms with Crippen molar-refractivity contribution in [2.24, 2.45) is 0 Å². The molecular formula is C15H21N3O2S. The molecule has 0 spiro atoms. The lowest BCUT2D eigenvalue weighted by atomic mass is 10.2. The molecule has 2 rings (SSSR count). The Balaban J connectivity index is 1.90. The second-order valence-corrected chi connectivity index (χ2v) is 5.85. The zero-order valence-corrected chi connectivity index (χ0v) is 13.3. The average Bonchev–Trinajstić information content (AvgIpc) is 2.87. The maximum Gasteiger partial charge on any atom is 0.282 e. The van der Waals surface area contributed by atoms with Gasteiger partial charge >= 0.3 is 0 Å². The van der Waals surface area contributed by atoms with E-state index in [0.29, 0.717) is 6.54 Å². The Morgan fingerprint density at radius 3 is 2.48 bits per heavy atom. The topological polar surface area (TPSA) is 52.7 Å². The van der Waals surface area contributed by atoms with Gasteiger partial charge in [-0.3, -0.25) is 9.59 Å². The summed E-state index contributed by atoms with van der Waals surface area (Å²) in [7, 11) is 0. The number of hydrogen-bond acceptors (Lipinski definition) is 4. The molecule has 0 bridgehead atoms. The number of anilines is 2. The highest BCUT2D eigenvalue weighted by Crippen LogP contribution is 2.19. The number of carbonyl (C=O) groups excluding carboxylic acids is 2. The Labute approximate surface area is 129 Å². The molecule has 1 aromatic rings. The number of carbonyl (C=O) groups is 2. The molecule has 1 aliphatic rings. The van der Waals surface area contributed by atoms with Crippen molar-refractivity contribution in [2.45, 2.75) is 13.8 Å². The van der Waals surface area contributed by atoms with E-state index in [1.807, 2.05) is 24.3 Å². The molecule has 1 heterocycles. The van der Waals surface area contributed by atoms with E-state index >= 15 is 0 Å². The molecule has 0 radical (unpaired) electrons. The molecule has 0 saturated carbocycles. The van der Waals surface area contributed by atoms with Gasteiger partial charge in [0.15, 0.2) is 0 Å². The van der Waals surface area contributed by atoms with Crippen molar-refractivity contribution in [3.8, 4) is 0 Å². The molecule has 1 fully saturated rings. The van der Waals surface area contributed by atoms with Gasteiger partial charge in [-0.05, 0) is 38.1 Å². The summed E-state index contributed by atoms with van der Waals surface area (Å²) in [5.74, 6) is 0.617. The second-order valence-electron chi connectivity index (χ2n) is 4.80. The summed E-state index contributed by atoms with van der Waals surface area (Å²) in [6, 6.07) is 7.79. The Hall–Kier alpha value is -1.69. The van der Waals surface area contributed by atoms with Crippen molar-refractivity contribution in [3.05, 3.63) is 24.3 Å². The lowest BCUT2D eigenvalue weighted by Crippen LogP contribution is -2.33. The number of thioether (sulfide) groups is 1. The summed E-state index contributed by atoms with van der Waals surface area (Å²) in [4.78, 5) is 27.2.